The number of thiophene rings is 1. The summed E-state index contributed by atoms with van der Waals surface area (Å²) in [5, 5.41) is 1.42. The van der Waals surface area contributed by atoms with Crippen LogP contribution >= 0.6 is 11.3 Å². The van der Waals surface area contributed by atoms with Gasteiger partial charge in [-0.3, -0.25) is 0 Å². The van der Waals surface area contributed by atoms with E-state index in [-0.39, 0.29) is 33.9 Å². The monoisotopic (exact) mass is 842 g/mol. The van der Waals surface area contributed by atoms with E-state index in [1.807, 2.05) is 0 Å². The van der Waals surface area contributed by atoms with Gasteiger partial charge in [0.1, 0.15) is 0 Å². The van der Waals surface area contributed by atoms with Gasteiger partial charge in [-0.25, -0.2) is 0 Å². The van der Waals surface area contributed by atoms with Crippen LogP contribution in [0.1, 0.15) is 147 Å². The van der Waals surface area contributed by atoms with Crippen LogP contribution in [0, 0.1) is 30.6 Å². The minimum atomic E-state index is -0.00294. The molecule has 5 saturated carbocycles. The number of nitrogens with zero attached hydrogens (tertiary/aromatic N) is 2. The Kier molecular flexibility index (Phi) is 7.21. The van der Waals surface area contributed by atoms with Crippen molar-refractivity contribution < 1.29 is 0 Å². The van der Waals surface area contributed by atoms with Gasteiger partial charge < -0.3 is 9.80 Å². The fourth-order valence-corrected chi connectivity index (χ4v) is 17.8. The van der Waals surface area contributed by atoms with E-state index >= 15 is 0 Å². The maximum absolute atomic E-state index is 2.94. The molecule has 63 heavy (non-hydrogen) atoms. The molecule has 5 aromatic carbocycles. The molecule has 15 rings (SSSR count). The minimum Gasteiger partial charge on any atom is -0.335 e. The van der Waals surface area contributed by atoms with Crippen LogP contribution in [0.2, 0.25) is 0 Å². The Morgan fingerprint density at radius 2 is 1.35 bits per heavy atom. The lowest BCUT2D eigenvalue weighted by Crippen LogP contribution is -2.64. The summed E-state index contributed by atoms with van der Waals surface area (Å²) >= 11 is 2.09. The maximum atomic E-state index is 2.94. The Labute approximate surface area is 380 Å². The highest BCUT2D eigenvalue weighted by Crippen LogP contribution is 2.71. The fourth-order valence-electron chi connectivity index (χ4n) is 16.5. The molecular formula is C59H63BN2S. The standard InChI is InChI=1S/C59H63BN2S/c1-33-23-47-51-48(24-33)62-53-44(57(8)21-12-13-22-58(57,62)9)31-37(56(5,6)7)32-45(53)60(51)54-52(41-30-36(55(2,3)4)19-20-49(41)63-54)61(47)46-18-14-17-43-50(46)40-15-10-11-16-42(40)59(43)38-26-34-25-35(28-38)29-39(59)27-34/h10-11,14-20,23-24,30-32,34-35,38-39H,12-13,21-22,25-29H2,1-9H3. The lowest BCUT2D eigenvalue weighted by molar-refractivity contribution is -0.0399. The predicted octanol–water partition coefficient (Wildman–Crippen LogP) is 13.9. The molecule has 6 aliphatic carbocycles. The molecule has 5 fully saturated rings. The van der Waals surface area contributed by atoms with Gasteiger partial charge in [-0.15, -0.1) is 11.3 Å². The molecule has 2 unspecified atom stereocenters. The second-order valence-electron chi connectivity index (χ2n) is 24.5. The number of rotatable bonds is 1. The molecule has 1 aromatic heterocycles. The van der Waals surface area contributed by atoms with E-state index in [4.69, 9.17) is 0 Å². The number of fused-ring (bicyclic) bond motifs is 12. The average molecular weight is 843 g/mol. The molecule has 9 aliphatic rings. The predicted molar refractivity (Wildman–Crippen MR) is 269 cm³/mol. The van der Waals surface area contributed by atoms with Gasteiger partial charge in [0.15, 0.2) is 0 Å². The third-order valence-electron chi connectivity index (χ3n) is 19.3. The average Bonchev–Trinajstić information content (AvgIpc) is 3.83. The van der Waals surface area contributed by atoms with Crippen LogP contribution in [0.15, 0.2) is 84.9 Å². The molecule has 3 aliphatic heterocycles. The first kappa shape index (κ1) is 38.0. The molecule has 2 atom stereocenters. The van der Waals surface area contributed by atoms with Gasteiger partial charge in [0.25, 0.3) is 6.71 Å². The minimum absolute atomic E-state index is 0.00294. The van der Waals surface area contributed by atoms with E-state index in [0.29, 0.717) is 0 Å². The van der Waals surface area contributed by atoms with Gasteiger partial charge in [-0.2, -0.15) is 0 Å². The van der Waals surface area contributed by atoms with Crippen molar-refractivity contribution in [2.24, 2.45) is 23.7 Å². The van der Waals surface area contributed by atoms with Crippen molar-refractivity contribution in [3.8, 4) is 11.1 Å². The van der Waals surface area contributed by atoms with Crippen LogP contribution in [0.4, 0.5) is 28.4 Å². The highest BCUT2D eigenvalue weighted by molar-refractivity contribution is 7.33. The molecule has 0 amide bonds. The van der Waals surface area contributed by atoms with Gasteiger partial charge in [-0.1, -0.05) is 116 Å². The summed E-state index contributed by atoms with van der Waals surface area (Å²) in [5.41, 5.74) is 22.8. The third kappa shape index (κ3) is 4.49. The summed E-state index contributed by atoms with van der Waals surface area (Å²) in [5.74, 6) is 3.32. The zero-order chi connectivity index (χ0) is 42.9. The number of hydrogen-bond donors (Lipinski definition) is 0. The van der Waals surface area contributed by atoms with E-state index in [1.54, 1.807) is 22.2 Å². The van der Waals surface area contributed by atoms with Crippen LogP contribution in [0.25, 0.3) is 21.2 Å². The molecule has 0 N–H and O–H groups in total. The Balaban J connectivity index is 1.11. The van der Waals surface area contributed by atoms with E-state index in [1.165, 1.54) is 134 Å². The third-order valence-corrected chi connectivity index (χ3v) is 20.5. The second kappa shape index (κ2) is 11.9. The van der Waals surface area contributed by atoms with E-state index in [2.05, 4.69) is 168 Å². The summed E-state index contributed by atoms with van der Waals surface area (Å²) in [7, 11) is 0. The van der Waals surface area contributed by atoms with Gasteiger partial charge in [0, 0.05) is 48.3 Å². The summed E-state index contributed by atoms with van der Waals surface area (Å²) in [6.07, 6.45) is 12.2. The molecule has 318 valence electrons. The van der Waals surface area contributed by atoms with Crippen LogP contribution < -0.4 is 25.5 Å². The van der Waals surface area contributed by atoms with Gasteiger partial charge in [0.05, 0.1) is 16.9 Å². The van der Waals surface area contributed by atoms with Crippen molar-refractivity contribution in [1.82, 2.24) is 0 Å². The second-order valence-corrected chi connectivity index (χ2v) is 25.6. The molecule has 0 saturated heterocycles. The Bertz CT molecular complexity index is 3000. The molecule has 0 radical (unpaired) electrons. The SMILES string of the molecule is Cc1cc2c3c(c1)N1c4c(cc(C(C)(C)C)cc4C4(C)CCCCC14C)B3c1sc3ccc(C(C)(C)C)cc3c1N2c1cccc2c1-c1ccccc1C21C2CC3CC(C2)CC1C3. The lowest BCUT2D eigenvalue weighted by Gasteiger charge is -2.61. The maximum Gasteiger partial charge on any atom is 0.264 e. The van der Waals surface area contributed by atoms with Gasteiger partial charge in [-0.05, 0) is 173 Å². The van der Waals surface area contributed by atoms with Crippen LogP contribution in [0.3, 0.4) is 0 Å². The normalized spacial score (nSPS) is 30.1. The molecular weight excluding hydrogens is 780 g/mol. The van der Waals surface area contributed by atoms with Crippen molar-refractivity contribution in [2.75, 3.05) is 9.80 Å². The highest BCUT2D eigenvalue weighted by Gasteiger charge is 2.64. The zero-order valence-corrected chi connectivity index (χ0v) is 40.0. The Morgan fingerprint density at radius 1 is 0.651 bits per heavy atom. The van der Waals surface area contributed by atoms with Gasteiger partial charge >= 0.3 is 0 Å². The quantitative estimate of drug-likeness (QED) is 0.152. The molecule has 1 spiro atoms. The summed E-state index contributed by atoms with van der Waals surface area (Å²) in [4.78, 5) is 5.79. The van der Waals surface area contributed by atoms with Crippen LogP contribution in [-0.2, 0) is 21.7 Å². The molecule has 2 nitrogen and oxygen atoms in total. The molecule has 4 heterocycles. The largest absolute Gasteiger partial charge is 0.335 e. The molecule has 4 heteroatoms. The van der Waals surface area contributed by atoms with Gasteiger partial charge in [0.2, 0.25) is 0 Å². The summed E-state index contributed by atoms with van der Waals surface area (Å²) in [6, 6.07) is 35.5. The van der Waals surface area contributed by atoms with Crippen molar-refractivity contribution in [1.29, 1.82) is 0 Å². The first-order chi connectivity index (χ1) is 30.1. The van der Waals surface area contributed by atoms with Crippen molar-refractivity contribution in [2.45, 2.75) is 147 Å². The topological polar surface area (TPSA) is 6.48 Å². The number of anilines is 5. The molecule has 6 aromatic rings. The summed E-state index contributed by atoms with van der Waals surface area (Å²) < 4.78 is 2.94. The smallest absolute Gasteiger partial charge is 0.264 e. The lowest BCUT2D eigenvalue weighted by atomic mass is 9.36. The number of hydrogen-bond acceptors (Lipinski definition) is 3. The molecule has 4 bridgehead atoms. The highest BCUT2D eigenvalue weighted by atomic mass is 32.1. The zero-order valence-electron chi connectivity index (χ0n) is 39.1. The summed E-state index contributed by atoms with van der Waals surface area (Å²) in [6.45, 7) is 22.3. The Hall–Kier alpha value is -4.28. The van der Waals surface area contributed by atoms with Crippen molar-refractivity contribution in [3.05, 3.63) is 118 Å². The fraction of sp³-hybridized carbons (Fsp3) is 0.458. The van der Waals surface area contributed by atoms with E-state index < -0.39 is 0 Å². The first-order valence-electron chi connectivity index (χ1n) is 24.9. The van der Waals surface area contributed by atoms with Crippen LogP contribution in [0.5, 0.6) is 0 Å². The van der Waals surface area contributed by atoms with Crippen molar-refractivity contribution >= 4 is 72.3 Å². The Morgan fingerprint density at radius 3 is 2.10 bits per heavy atom. The van der Waals surface area contributed by atoms with E-state index in [0.717, 1.165) is 23.7 Å². The van der Waals surface area contributed by atoms with E-state index in [9.17, 15) is 0 Å². The number of aryl methyl sites for hydroxylation is 1. The van der Waals surface area contributed by atoms with Crippen molar-refractivity contribution in [3.63, 3.8) is 0 Å². The first-order valence-corrected chi connectivity index (χ1v) is 25.7. The number of benzene rings is 5. The van der Waals surface area contributed by atoms with Crippen LogP contribution in [-0.4, -0.2) is 12.3 Å².